The standard InChI is InChI=1S/C13H18ClFN2O2/c1-17(2)8-7-16-12(13(18)19-3)11-9(14)5-4-6-10(11)15/h4-6,12,16H,7-8H2,1-3H3. The molecular formula is C13H18ClFN2O2. The van der Waals surface area contributed by atoms with Crippen molar-refractivity contribution in [2.75, 3.05) is 34.3 Å². The van der Waals surface area contributed by atoms with Crippen molar-refractivity contribution in [3.63, 3.8) is 0 Å². The first-order valence-electron chi connectivity index (χ1n) is 5.87. The monoisotopic (exact) mass is 288 g/mol. The van der Waals surface area contributed by atoms with E-state index in [-0.39, 0.29) is 10.6 Å². The molecule has 4 nitrogen and oxygen atoms in total. The summed E-state index contributed by atoms with van der Waals surface area (Å²) in [5, 5.41) is 3.16. The summed E-state index contributed by atoms with van der Waals surface area (Å²) in [5.41, 5.74) is 0.120. The molecule has 0 saturated heterocycles. The molecule has 0 fully saturated rings. The Bertz CT molecular complexity index is 420. The largest absolute Gasteiger partial charge is 0.468 e. The van der Waals surface area contributed by atoms with Crippen LogP contribution in [0.25, 0.3) is 0 Å². The van der Waals surface area contributed by atoms with Gasteiger partial charge >= 0.3 is 5.97 Å². The van der Waals surface area contributed by atoms with E-state index in [2.05, 4.69) is 5.32 Å². The molecule has 0 aliphatic carbocycles. The van der Waals surface area contributed by atoms with Crippen LogP contribution in [0.2, 0.25) is 5.02 Å². The fourth-order valence-electron chi connectivity index (χ4n) is 1.64. The molecule has 0 saturated carbocycles. The number of carbonyl (C=O) groups is 1. The van der Waals surface area contributed by atoms with E-state index in [9.17, 15) is 9.18 Å². The molecule has 1 N–H and O–H groups in total. The van der Waals surface area contributed by atoms with Crippen molar-refractivity contribution in [2.45, 2.75) is 6.04 Å². The predicted molar refractivity (Wildman–Crippen MR) is 72.7 cm³/mol. The van der Waals surface area contributed by atoms with Gasteiger partial charge in [0.2, 0.25) is 0 Å². The van der Waals surface area contributed by atoms with Gasteiger partial charge in [-0.15, -0.1) is 0 Å². The molecule has 1 aromatic rings. The lowest BCUT2D eigenvalue weighted by atomic mass is 10.1. The average molecular weight is 289 g/mol. The van der Waals surface area contributed by atoms with Crippen molar-refractivity contribution in [1.29, 1.82) is 0 Å². The SMILES string of the molecule is COC(=O)C(NCCN(C)C)c1c(F)cccc1Cl. The zero-order valence-electron chi connectivity index (χ0n) is 11.2. The van der Waals surface area contributed by atoms with Gasteiger partial charge in [-0.25, -0.2) is 9.18 Å². The van der Waals surface area contributed by atoms with E-state index in [4.69, 9.17) is 16.3 Å². The van der Waals surface area contributed by atoms with Gasteiger partial charge < -0.3 is 9.64 Å². The van der Waals surface area contributed by atoms with E-state index in [1.165, 1.54) is 19.2 Å². The topological polar surface area (TPSA) is 41.6 Å². The number of nitrogens with zero attached hydrogens (tertiary/aromatic N) is 1. The number of hydrogen-bond acceptors (Lipinski definition) is 4. The van der Waals surface area contributed by atoms with E-state index in [0.29, 0.717) is 13.1 Å². The molecule has 0 aromatic heterocycles. The van der Waals surface area contributed by atoms with Crippen LogP contribution in [0.3, 0.4) is 0 Å². The van der Waals surface area contributed by atoms with Crippen molar-refractivity contribution >= 4 is 17.6 Å². The Hall–Kier alpha value is -1.17. The molecule has 106 valence electrons. The number of ether oxygens (including phenoxy) is 1. The van der Waals surface area contributed by atoms with Crippen molar-refractivity contribution in [3.8, 4) is 0 Å². The molecule has 0 radical (unpaired) electrons. The number of likely N-dealkylation sites (N-methyl/N-ethyl adjacent to an activating group) is 1. The van der Waals surface area contributed by atoms with Crippen LogP contribution in [-0.2, 0) is 9.53 Å². The molecule has 0 spiro atoms. The second kappa shape index (κ2) is 7.43. The molecule has 0 aliphatic rings. The lowest BCUT2D eigenvalue weighted by Gasteiger charge is -2.19. The van der Waals surface area contributed by atoms with Gasteiger partial charge in [-0.2, -0.15) is 0 Å². The highest BCUT2D eigenvalue weighted by Crippen LogP contribution is 2.26. The number of methoxy groups -OCH3 is 1. The summed E-state index contributed by atoms with van der Waals surface area (Å²) in [6, 6.07) is 3.41. The van der Waals surface area contributed by atoms with E-state index >= 15 is 0 Å². The molecule has 0 aliphatic heterocycles. The maximum Gasteiger partial charge on any atom is 0.327 e. The zero-order chi connectivity index (χ0) is 14.4. The molecule has 1 unspecified atom stereocenters. The molecule has 1 atom stereocenters. The third kappa shape index (κ3) is 4.45. The van der Waals surface area contributed by atoms with E-state index in [1.54, 1.807) is 6.07 Å². The van der Waals surface area contributed by atoms with Gasteiger partial charge in [0.25, 0.3) is 0 Å². The highest BCUT2D eigenvalue weighted by molar-refractivity contribution is 6.31. The molecule has 6 heteroatoms. The summed E-state index contributed by atoms with van der Waals surface area (Å²) >= 11 is 5.97. The van der Waals surface area contributed by atoms with Crippen LogP contribution in [0.1, 0.15) is 11.6 Å². The Morgan fingerprint density at radius 2 is 2.21 bits per heavy atom. The van der Waals surface area contributed by atoms with Gasteiger partial charge in [0.05, 0.1) is 7.11 Å². The smallest absolute Gasteiger partial charge is 0.327 e. The van der Waals surface area contributed by atoms with Gasteiger partial charge in [-0.05, 0) is 26.2 Å². The molecular weight excluding hydrogens is 271 g/mol. The van der Waals surface area contributed by atoms with Crippen molar-refractivity contribution in [1.82, 2.24) is 10.2 Å². The predicted octanol–water partition coefficient (Wildman–Crippen LogP) is 1.84. The quantitative estimate of drug-likeness (QED) is 0.811. The summed E-state index contributed by atoms with van der Waals surface area (Å²) in [6.07, 6.45) is 0. The van der Waals surface area contributed by atoms with Crippen molar-refractivity contribution in [2.24, 2.45) is 0 Å². The third-order valence-corrected chi connectivity index (χ3v) is 2.96. The second-order valence-corrected chi connectivity index (χ2v) is 4.76. The van der Waals surface area contributed by atoms with Crippen LogP contribution in [0.15, 0.2) is 18.2 Å². The zero-order valence-corrected chi connectivity index (χ0v) is 12.0. The molecule has 1 rings (SSSR count). The molecule has 1 aromatic carbocycles. The Morgan fingerprint density at radius 1 is 1.53 bits per heavy atom. The van der Waals surface area contributed by atoms with Crippen molar-refractivity contribution < 1.29 is 13.9 Å². The molecule has 0 bridgehead atoms. The number of esters is 1. The highest BCUT2D eigenvalue weighted by atomic mass is 35.5. The van der Waals surface area contributed by atoms with Crippen LogP contribution >= 0.6 is 11.6 Å². The summed E-state index contributed by atoms with van der Waals surface area (Å²) in [6.45, 7) is 1.22. The van der Waals surface area contributed by atoms with Crippen LogP contribution in [0.5, 0.6) is 0 Å². The first-order valence-corrected chi connectivity index (χ1v) is 6.25. The van der Waals surface area contributed by atoms with Gasteiger partial charge in [0.15, 0.2) is 0 Å². The van der Waals surface area contributed by atoms with E-state index < -0.39 is 17.8 Å². The molecule has 0 amide bonds. The summed E-state index contributed by atoms with van der Waals surface area (Å²) in [7, 11) is 5.08. The van der Waals surface area contributed by atoms with Gasteiger partial charge in [-0.3, -0.25) is 5.32 Å². The molecule has 19 heavy (non-hydrogen) atoms. The molecule has 0 heterocycles. The number of carbonyl (C=O) groups excluding carboxylic acids is 1. The fourth-order valence-corrected chi connectivity index (χ4v) is 1.91. The summed E-state index contributed by atoms with van der Waals surface area (Å²) in [5.74, 6) is -1.09. The van der Waals surface area contributed by atoms with E-state index in [0.717, 1.165) is 0 Å². The summed E-state index contributed by atoms with van der Waals surface area (Å²) in [4.78, 5) is 13.7. The highest BCUT2D eigenvalue weighted by Gasteiger charge is 2.26. The lowest BCUT2D eigenvalue weighted by Crippen LogP contribution is -2.35. The van der Waals surface area contributed by atoms with Crippen LogP contribution in [0, 0.1) is 5.82 Å². The van der Waals surface area contributed by atoms with Crippen LogP contribution in [-0.4, -0.2) is 45.2 Å². The van der Waals surface area contributed by atoms with Gasteiger partial charge in [-0.1, -0.05) is 17.7 Å². The number of rotatable bonds is 6. The number of hydrogen-bond donors (Lipinski definition) is 1. The minimum atomic E-state index is -0.904. The number of halogens is 2. The van der Waals surface area contributed by atoms with Gasteiger partial charge in [0, 0.05) is 23.7 Å². The second-order valence-electron chi connectivity index (χ2n) is 4.35. The van der Waals surface area contributed by atoms with Gasteiger partial charge in [0.1, 0.15) is 11.9 Å². The Balaban J connectivity index is 2.93. The van der Waals surface area contributed by atoms with Crippen LogP contribution < -0.4 is 5.32 Å². The average Bonchev–Trinajstić information content (AvgIpc) is 2.35. The first-order chi connectivity index (χ1) is 8.97. The minimum absolute atomic E-state index is 0.120. The lowest BCUT2D eigenvalue weighted by molar-refractivity contribution is -0.143. The maximum absolute atomic E-state index is 13.8. The van der Waals surface area contributed by atoms with E-state index in [1.807, 2.05) is 19.0 Å². The Kier molecular flexibility index (Phi) is 6.21. The fraction of sp³-hybridized carbons (Fsp3) is 0.462. The van der Waals surface area contributed by atoms with Crippen molar-refractivity contribution in [3.05, 3.63) is 34.6 Å². The Labute approximate surface area is 117 Å². The normalized spacial score (nSPS) is 12.5. The first kappa shape index (κ1) is 15.9. The van der Waals surface area contributed by atoms with Crippen LogP contribution in [0.4, 0.5) is 4.39 Å². The third-order valence-electron chi connectivity index (χ3n) is 2.63. The number of nitrogens with one attached hydrogen (secondary N) is 1. The Morgan fingerprint density at radius 3 is 2.74 bits per heavy atom. The maximum atomic E-state index is 13.8. The summed E-state index contributed by atoms with van der Waals surface area (Å²) < 4.78 is 18.5. The minimum Gasteiger partial charge on any atom is -0.468 e. The number of benzene rings is 1.